The van der Waals surface area contributed by atoms with Crippen molar-refractivity contribution in [3.63, 3.8) is 0 Å². The number of rotatable bonds is 8. The highest BCUT2D eigenvalue weighted by molar-refractivity contribution is 5.56. The molecule has 0 spiro atoms. The average molecular weight is 472 g/mol. The molecule has 0 aliphatic carbocycles. The fourth-order valence-corrected chi connectivity index (χ4v) is 5.12. The minimum atomic E-state index is -0.766. The van der Waals surface area contributed by atoms with E-state index in [1.807, 2.05) is 24.3 Å². The van der Waals surface area contributed by atoms with Gasteiger partial charge in [-0.2, -0.15) is 0 Å². The summed E-state index contributed by atoms with van der Waals surface area (Å²) in [4.78, 5) is 5.15. The second-order valence-electron chi connectivity index (χ2n) is 10.2. The van der Waals surface area contributed by atoms with E-state index < -0.39 is 6.23 Å². The zero-order valence-corrected chi connectivity index (χ0v) is 20.9. The highest BCUT2D eigenvalue weighted by Gasteiger charge is 2.30. The van der Waals surface area contributed by atoms with Crippen LogP contribution < -0.4 is 15.0 Å². The fraction of sp³-hybridized carbons (Fsp3) is 0.400. The second kappa shape index (κ2) is 10.7. The Morgan fingerprint density at radius 3 is 2.43 bits per heavy atom. The Hall–Kier alpha value is -3.02. The van der Waals surface area contributed by atoms with Crippen molar-refractivity contribution < 1.29 is 9.84 Å². The van der Waals surface area contributed by atoms with Crippen molar-refractivity contribution >= 4 is 11.4 Å². The highest BCUT2D eigenvalue weighted by Crippen LogP contribution is 2.29. The molecular weight excluding hydrogens is 434 g/mol. The van der Waals surface area contributed by atoms with E-state index >= 15 is 0 Å². The predicted octanol–water partition coefficient (Wildman–Crippen LogP) is 5.46. The van der Waals surface area contributed by atoms with Gasteiger partial charge in [-0.15, -0.1) is 0 Å². The molecule has 2 atom stereocenters. The van der Waals surface area contributed by atoms with Gasteiger partial charge in [0.15, 0.2) is 6.23 Å². The van der Waals surface area contributed by atoms with Crippen LogP contribution in [0.3, 0.4) is 0 Å². The number of aliphatic hydroxyl groups excluding tert-OH is 1. The number of ether oxygens (including phenoxy) is 1. The van der Waals surface area contributed by atoms with Gasteiger partial charge in [0.2, 0.25) is 0 Å². The van der Waals surface area contributed by atoms with Crippen LogP contribution in [0, 0.1) is 5.92 Å². The predicted molar refractivity (Wildman–Crippen MR) is 143 cm³/mol. The summed E-state index contributed by atoms with van der Waals surface area (Å²) in [6.45, 7) is 9.33. The van der Waals surface area contributed by atoms with E-state index in [-0.39, 0.29) is 0 Å². The van der Waals surface area contributed by atoms with Gasteiger partial charge in [0.1, 0.15) is 5.75 Å². The lowest BCUT2D eigenvalue weighted by molar-refractivity contribution is 0.191. The number of aliphatic hydroxyl groups is 1. The molecule has 3 aromatic rings. The molecule has 0 bridgehead atoms. The van der Waals surface area contributed by atoms with Crippen molar-refractivity contribution in [2.24, 2.45) is 5.92 Å². The number of hydrogen-bond acceptors (Lipinski definition) is 5. The highest BCUT2D eigenvalue weighted by atomic mass is 16.5. The second-order valence-corrected chi connectivity index (χ2v) is 10.2. The van der Waals surface area contributed by atoms with Crippen molar-refractivity contribution in [2.45, 2.75) is 45.5 Å². The molecule has 1 fully saturated rings. The molecule has 3 aromatic carbocycles. The Morgan fingerprint density at radius 1 is 0.943 bits per heavy atom. The zero-order chi connectivity index (χ0) is 24.2. The molecule has 5 nitrogen and oxygen atoms in total. The molecule has 2 heterocycles. The molecule has 2 aliphatic heterocycles. The number of nitrogens with one attached hydrogen (secondary N) is 1. The van der Waals surface area contributed by atoms with Crippen LogP contribution in [-0.2, 0) is 13.0 Å². The van der Waals surface area contributed by atoms with Crippen molar-refractivity contribution in [1.29, 1.82) is 0 Å². The van der Waals surface area contributed by atoms with Crippen LogP contribution in [0.15, 0.2) is 72.8 Å². The zero-order valence-electron chi connectivity index (χ0n) is 20.9. The number of fused-ring (bicyclic) bond motifs is 1. The minimum Gasteiger partial charge on any atom is -0.493 e. The first-order valence-electron chi connectivity index (χ1n) is 12.9. The third kappa shape index (κ3) is 5.80. The Labute approximate surface area is 209 Å². The van der Waals surface area contributed by atoms with E-state index in [9.17, 15) is 5.11 Å². The Balaban J connectivity index is 1.14. The van der Waals surface area contributed by atoms with Gasteiger partial charge in [-0.25, -0.2) is 0 Å². The fourth-order valence-electron chi connectivity index (χ4n) is 5.12. The first-order chi connectivity index (χ1) is 17.0. The SMILES string of the molecule is CC(C)COc1ccc(C(O)Nc2ccc(N3CCC(N4CCc5ccccc5C4)C3)cc2)cc1. The largest absolute Gasteiger partial charge is 0.493 e. The Kier molecular flexibility index (Phi) is 7.26. The topological polar surface area (TPSA) is 48.0 Å². The molecule has 0 amide bonds. The van der Waals surface area contributed by atoms with Crippen LogP contribution in [0.25, 0.3) is 0 Å². The molecule has 0 aromatic heterocycles. The molecule has 5 heteroatoms. The monoisotopic (exact) mass is 471 g/mol. The van der Waals surface area contributed by atoms with Crippen molar-refractivity contribution in [3.05, 3.63) is 89.5 Å². The molecule has 184 valence electrons. The molecule has 0 radical (unpaired) electrons. The maximum Gasteiger partial charge on any atom is 0.150 e. The molecule has 1 saturated heterocycles. The number of nitrogens with zero attached hydrogens (tertiary/aromatic N) is 2. The third-order valence-corrected chi connectivity index (χ3v) is 7.15. The quantitative estimate of drug-likeness (QED) is 0.427. The third-order valence-electron chi connectivity index (χ3n) is 7.15. The van der Waals surface area contributed by atoms with Gasteiger partial charge < -0.3 is 20.1 Å². The summed E-state index contributed by atoms with van der Waals surface area (Å²) in [6, 6.07) is 25.6. The van der Waals surface area contributed by atoms with E-state index in [4.69, 9.17) is 4.74 Å². The molecule has 2 aliphatic rings. The smallest absolute Gasteiger partial charge is 0.150 e. The van der Waals surface area contributed by atoms with E-state index in [0.29, 0.717) is 18.6 Å². The van der Waals surface area contributed by atoms with E-state index in [2.05, 4.69) is 77.5 Å². The molecule has 2 N–H and O–H groups in total. The van der Waals surface area contributed by atoms with Crippen LogP contribution in [0.4, 0.5) is 11.4 Å². The van der Waals surface area contributed by atoms with Crippen LogP contribution >= 0.6 is 0 Å². The maximum absolute atomic E-state index is 10.6. The van der Waals surface area contributed by atoms with Crippen LogP contribution in [-0.4, -0.2) is 42.3 Å². The summed E-state index contributed by atoms with van der Waals surface area (Å²) < 4.78 is 5.73. The van der Waals surface area contributed by atoms with Gasteiger partial charge in [0, 0.05) is 49.2 Å². The summed E-state index contributed by atoms with van der Waals surface area (Å²) in [5.74, 6) is 1.32. The lowest BCUT2D eigenvalue weighted by atomic mass is 9.98. The Morgan fingerprint density at radius 2 is 1.69 bits per heavy atom. The van der Waals surface area contributed by atoms with Crippen LogP contribution in [0.2, 0.25) is 0 Å². The molecule has 5 rings (SSSR count). The maximum atomic E-state index is 10.6. The number of hydrogen-bond donors (Lipinski definition) is 2. The molecule has 35 heavy (non-hydrogen) atoms. The summed E-state index contributed by atoms with van der Waals surface area (Å²) in [6.07, 6.45) is 1.60. The van der Waals surface area contributed by atoms with Crippen molar-refractivity contribution in [3.8, 4) is 5.75 Å². The number of anilines is 2. The van der Waals surface area contributed by atoms with Crippen molar-refractivity contribution in [2.75, 3.05) is 36.5 Å². The summed E-state index contributed by atoms with van der Waals surface area (Å²) in [5, 5.41) is 13.8. The van der Waals surface area contributed by atoms with Gasteiger partial charge in [0.05, 0.1) is 6.61 Å². The van der Waals surface area contributed by atoms with Crippen LogP contribution in [0.1, 0.15) is 43.2 Å². The van der Waals surface area contributed by atoms with Gasteiger partial charge in [-0.05, 0) is 66.3 Å². The lowest BCUT2D eigenvalue weighted by Crippen LogP contribution is -2.40. The standard InChI is InChI=1S/C30H37N3O2/c1-22(2)21-35-29-13-7-24(8-14-29)30(34)31-26-9-11-27(12-10-26)33-18-16-28(20-33)32-17-15-23-5-3-4-6-25(23)19-32/h3-14,22,28,30-31,34H,15-21H2,1-2H3. The summed E-state index contributed by atoms with van der Waals surface area (Å²) in [5.41, 5.74) is 5.97. The normalized spacial score (nSPS) is 19.0. The lowest BCUT2D eigenvalue weighted by Gasteiger charge is -2.33. The van der Waals surface area contributed by atoms with E-state index in [1.165, 1.54) is 23.2 Å². The van der Waals surface area contributed by atoms with Gasteiger partial charge >= 0.3 is 0 Å². The molecule has 2 unspecified atom stereocenters. The van der Waals surface area contributed by atoms with Gasteiger partial charge in [-0.1, -0.05) is 50.2 Å². The first-order valence-corrected chi connectivity index (χ1v) is 12.9. The van der Waals surface area contributed by atoms with Gasteiger partial charge in [0.25, 0.3) is 0 Å². The molecule has 0 saturated carbocycles. The van der Waals surface area contributed by atoms with E-state index in [0.717, 1.165) is 49.6 Å². The van der Waals surface area contributed by atoms with E-state index in [1.54, 1.807) is 0 Å². The first kappa shape index (κ1) is 23.7. The summed E-state index contributed by atoms with van der Waals surface area (Å²) in [7, 11) is 0. The van der Waals surface area contributed by atoms with Crippen LogP contribution in [0.5, 0.6) is 5.75 Å². The number of benzene rings is 3. The van der Waals surface area contributed by atoms with Gasteiger partial charge in [-0.3, -0.25) is 4.90 Å². The van der Waals surface area contributed by atoms with Crippen molar-refractivity contribution in [1.82, 2.24) is 4.90 Å². The molecular formula is C30H37N3O2. The minimum absolute atomic E-state index is 0.485. The summed E-state index contributed by atoms with van der Waals surface area (Å²) >= 11 is 0. The average Bonchev–Trinajstić information content (AvgIpc) is 3.38. The Bertz CT molecular complexity index is 1100.